The summed E-state index contributed by atoms with van der Waals surface area (Å²) >= 11 is 5.60. The van der Waals surface area contributed by atoms with Gasteiger partial charge in [0.1, 0.15) is 11.8 Å². The van der Waals surface area contributed by atoms with Crippen molar-refractivity contribution < 1.29 is 17.9 Å². The number of hydrogen-bond acceptors (Lipinski definition) is 4. The van der Waals surface area contributed by atoms with Gasteiger partial charge in [0.2, 0.25) is 0 Å². The Bertz CT molecular complexity index is 1050. The number of esters is 1. The van der Waals surface area contributed by atoms with Crippen LogP contribution in [0.25, 0.3) is 11.1 Å². The molecule has 3 rings (SSSR count). The first-order valence-electron chi connectivity index (χ1n) is 8.66. The van der Waals surface area contributed by atoms with Crippen molar-refractivity contribution >= 4 is 27.4 Å². The van der Waals surface area contributed by atoms with Crippen LogP contribution in [0, 0.1) is 0 Å². The van der Waals surface area contributed by atoms with Crippen LogP contribution in [-0.4, -0.2) is 19.6 Å². The predicted molar refractivity (Wildman–Crippen MR) is 110 cm³/mol. The number of carbonyl (C=O) groups is 1. The Morgan fingerprint density at radius 3 is 2.14 bits per heavy atom. The average Bonchev–Trinajstić information content (AvgIpc) is 2.73. The van der Waals surface area contributed by atoms with Crippen molar-refractivity contribution in [1.82, 2.24) is 0 Å². The van der Waals surface area contributed by atoms with Gasteiger partial charge in [0, 0.05) is 5.56 Å². The lowest BCUT2D eigenvalue weighted by atomic mass is 10.0. The van der Waals surface area contributed by atoms with E-state index >= 15 is 0 Å². The molecule has 0 N–H and O–H groups in total. The van der Waals surface area contributed by atoms with Gasteiger partial charge in [-0.05, 0) is 22.8 Å². The van der Waals surface area contributed by atoms with Crippen LogP contribution in [-0.2, 0) is 32.4 Å². The van der Waals surface area contributed by atoms with E-state index in [4.69, 9.17) is 16.3 Å². The number of benzene rings is 3. The van der Waals surface area contributed by atoms with Gasteiger partial charge >= 0.3 is 5.97 Å². The first-order valence-corrected chi connectivity index (χ1v) is 10.8. The van der Waals surface area contributed by atoms with Gasteiger partial charge in [-0.3, -0.25) is 4.79 Å². The second kappa shape index (κ2) is 9.04. The molecule has 0 amide bonds. The number of sulfone groups is 1. The van der Waals surface area contributed by atoms with Crippen LogP contribution in [0.4, 0.5) is 0 Å². The normalized spacial score (nSPS) is 11.2. The SMILES string of the molecule is O=C(Cc1ccc(-c2ccccc2S(=O)(=O)CCl)cc1)OCc1ccccc1. The fraction of sp³-hybridized carbons (Fsp3) is 0.136. The van der Waals surface area contributed by atoms with Crippen molar-refractivity contribution in [3.8, 4) is 11.1 Å². The third-order valence-corrected chi connectivity index (χ3v) is 6.40. The van der Waals surface area contributed by atoms with E-state index in [0.717, 1.165) is 16.7 Å². The van der Waals surface area contributed by atoms with E-state index in [-0.39, 0.29) is 23.9 Å². The maximum atomic E-state index is 12.2. The molecule has 0 saturated carbocycles. The molecule has 144 valence electrons. The summed E-state index contributed by atoms with van der Waals surface area (Å²) in [6.07, 6.45) is 0.148. The molecule has 0 bridgehead atoms. The molecule has 0 atom stereocenters. The molecule has 0 aromatic heterocycles. The summed E-state index contributed by atoms with van der Waals surface area (Å²) in [7, 11) is -3.55. The second-order valence-corrected chi connectivity index (χ2v) is 8.78. The molecule has 3 aromatic carbocycles. The van der Waals surface area contributed by atoms with Gasteiger partial charge in [0.05, 0.1) is 11.3 Å². The highest BCUT2D eigenvalue weighted by Crippen LogP contribution is 2.28. The van der Waals surface area contributed by atoms with Crippen LogP contribution < -0.4 is 0 Å². The van der Waals surface area contributed by atoms with Crippen molar-refractivity contribution in [1.29, 1.82) is 0 Å². The fourth-order valence-electron chi connectivity index (χ4n) is 2.79. The number of carbonyl (C=O) groups excluding carboxylic acids is 1. The molecule has 0 unspecified atom stereocenters. The van der Waals surface area contributed by atoms with Gasteiger partial charge in [-0.1, -0.05) is 72.8 Å². The molecular formula is C22H19ClO4S. The summed E-state index contributed by atoms with van der Waals surface area (Å²) in [5.41, 5.74) is 3.05. The maximum Gasteiger partial charge on any atom is 0.310 e. The van der Waals surface area contributed by atoms with Crippen LogP contribution >= 0.6 is 11.6 Å². The van der Waals surface area contributed by atoms with E-state index in [9.17, 15) is 13.2 Å². The van der Waals surface area contributed by atoms with Gasteiger partial charge in [0.15, 0.2) is 9.84 Å². The maximum absolute atomic E-state index is 12.2. The number of ether oxygens (including phenoxy) is 1. The molecule has 3 aromatic rings. The molecule has 0 spiro atoms. The summed E-state index contributed by atoms with van der Waals surface area (Å²) < 4.78 is 29.7. The van der Waals surface area contributed by atoms with Gasteiger partial charge in [-0.25, -0.2) is 8.42 Å². The third kappa shape index (κ3) is 5.00. The standard InChI is InChI=1S/C22H19ClO4S/c23-16-28(25,26)21-9-5-4-8-20(21)19-12-10-17(11-13-19)14-22(24)27-15-18-6-2-1-3-7-18/h1-13H,14-16H2. The van der Waals surface area contributed by atoms with Gasteiger partial charge < -0.3 is 4.74 Å². The molecule has 0 heterocycles. The highest BCUT2D eigenvalue weighted by atomic mass is 35.5. The minimum absolute atomic E-state index is 0.148. The third-order valence-electron chi connectivity index (χ3n) is 4.22. The molecule has 0 fully saturated rings. The fourth-order valence-corrected chi connectivity index (χ4v) is 4.07. The van der Waals surface area contributed by atoms with Crippen molar-refractivity contribution in [3.05, 3.63) is 90.0 Å². The van der Waals surface area contributed by atoms with E-state index in [1.165, 1.54) is 0 Å². The molecule has 6 heteroatoms. The molecule has 0 saturated heterocycles. The quantitative estimate of drug-likeness (QED) is 0.418. The lowest BCUT2D eigenvalue weighted by Crippen LogP contribution is -2.08. The zero-order chi connectivity index (χ0) is 20.0. The summed E-state index contributed by atoms with van der Waals surface area (Å²) in [6, 6.07) is 23.4. The van der Waals surface area contributed by atoms with E-state index in [0.29, 0.717) is 5.56 Å². The summed E-state index contributed by atoms with van der Waals surface area (Å²) in [5.74, 6) is -0.318. The minimum atomic E-state index is -3.55. The highest BCUT2D eigenvalue weighted by molar-refractivity contribution is 7.92. The Balaban J connectivity index is 1.70. The largest absolute Gasteiger partial charge is 0.461 e. The number of halogens is 1. The van der Waals surface area contributed by atoms with Crippen molar-refractivity contribution in [2.45, 2.75) is 17.9 Å². The number of rotatable bonds is 7. The van der Waals surface area contributed by atoms with Crippen LogP contribution in [0.2, 0.25) is 0 Å². The van der Waals surface area contributed by atoms with E-state index in [1.54, 1.807) is 48.5 Å². The number of alkyl halides is 1. The monoisotopic (exact) mass is 414 g/mol. The highest BCUT2D eigenvalue weighted by Gasteiger charge is 2.18. The van der Waals surface area contributed by atoms with E-state index in [1.807, 2.05) is 30.3 Å². The first kappa shape index (κ1) is 20.1. The topological polar surface area (TPSA) is 60.4 Å². The van der Waals surface area contributed by atoms with Crippen LogP contribution in [0.3, 0.4) is 0 Å². The van der Waals surface area contributed by atoms with E-state index < -0.39 is 15.0 Å². The smallest absolute Gasteiger partial charge is 0.310 e. The predicted octanol–water partition coefficient (Wildman–Crippen LogP) is 4.61. The molecule has 0 aliphatic carbocycles. The van der Waals surface area contributed by atoms with Crippen molar-refractivity contribution in [2.24, 2.45) is 0 Å². The lowest BCUT2D eigenvalue weighted by molar-refractivity contribution is -0.144. The van der Waals surface area contributed by atoms with Crippen LogP contribution in [0.1, 0.15) is 11.1 Å². The molecule has 0 radical (unpaired) electrons. The van der Waals surface area contributed by atoms with Crippen LogP contribution in [0.5, 0.6) is 0 Å². The summed E-state index contributed by atoms with van der Waals surface area (Å²) in [6.45, 7) is 0.238. The summed E-state index contributed by atoms with van der Waals surface area (Å²) in [4.78, 5) is 12.2. The van der Waals surface area contributed by atoms with Gasteiger partial charge in [0.25, 0.3) is 0 Å². The Labute approximate surface area is 169 Å². The Hall–Kier alpha value is -2.63. The van der Waals surface area contributed by atoms with Crippen LogP contribution in [0.15, 0.2) is 83.8 Å². The summed E-state index contributed by atoms with van der Waals surface area (Å²) in [5, 5.41) is -0.477. The molecule has 0 aliphatic rings. The minimum Gasteiger partial charge on any atom is -0.461 e. The average molecular weight is 415 g/mol. The first-order chi connectivity index (χ1) is 13.5. The number of hydrogen-bond donors (Lipinski definition) is 0. The molecule has 4 nitrogen and oxygen atoms in total. The van der Waals surface area contributed by atoms with E-state index in [2.05, 4.69) is 0 Å². The van der Waals surface area contributed by atoms with Gasteiger partial charge in [-0.2, -0.15) is 0 Å². The van der Waals surface area contributed by atoms with Gasteiger partial charge in [-0.15, -0.1) is 11.6 Å². The van der Waals surface area contributed by atoms with Crippen molar-refractivity contribution in [2.75, 3.05) is 5.21 Å². The molecule has 28 heavy (non-hydrogen) atoms. The Morgan fingerprint density at radius 2 is 1.46 bits per heavy atom. The van der Waals surface area contributed by atoms with Crippen molar-refractivity contribution in [3.63, 3.8) is 0 Å². The zero-order valence-corrected chi connectivity index (χ0v) is 16.6. The molecular weight excluding hydrogens is 396 g/mol. The Kier molecular flexibility index (Phi) is 6.49. The Morgan fingerprint density at radius 1 is 0.821 bits per heavy atom. The second-order valence-electron chi connectivity index (χ2n) is 6.24. The lowest BCUT2D eigenvalue weighted by Gasteiger charge is -2.10. The molecule has 0 aliphatic heterocycles. The zero-order valence-electron chi connectivity index (χ0n) is 15.0.